The third-order valence-electron chi connectivity index (χ3n) is 8.04. The van der Waals surface area contributed by atoms with Crippen LogP contribution in [0.15, 0.2) is 29.1 Å². The molecule has 3 rings (SSSR count). The van der Waals surface area contributed by atoms with Crippen molar-refractivity contribution >= 4 is 16.8 Å². The molecule has 1 fully saturated rings. The number of piperidine rings is 1. The molecule has 1 aliphatic heterocycles. The first kappa shape index (κ1) is 28.7. The van der Waals surface area contributed by atoms with E-state index in [0.29, 0.717) is 5.78 Å². The van der Waals surface area contributed by atoms with E-state index in [-0.39, 0.29) is 11.7 Å². The summed E-state index contributed by atoms with van der Waals surface area (Å²) in [5.74, 6) is 0.443. The smallest absolute Gasteiger partial charge is 0.306 e. The van der Waals surface area contributed by atoms with Gasteiger partial charge < -0.3 is 9.88 Å². The number of unbranched alkanes of at least 4 members (excludes halogenated alkanes) is 12. The average molecular weight is 498 g/mol. The summed E-state index contributed by atoms with van der Waals surface area (Å²) in [5.41, 5.74) is 1.94. The minimum atomic E-state index is 0.00779. The molecule has 36 heavy (non-hydrogen) atoms. The molecule has 0 unspecified atom stereocenters. The normalized spacial score (nSPS) is 15.1. The van der Waals surface area contributed by atoms with Gasteiger partial charge in [0.15, 0.2) is 0 Å². The second kappa shape index (κ2) is 16.8. The second-order valence-corrected chi connectivity index (χ2v) is 11.0. The van der Waals surface area contributed by atoms with Crippen LogP contribution in [0.1, 0.15) is 129 Å². The molecule has 202 valence electrons. The molecule has 0 spiro atoms. The minimum absolute atomic E-state index is 0.00779. The van der Waals surface area contributed by atoms with E-state index in [1.165, 1.54) is 77.0 Å². The van der Waals surface area contributed by atoms with Crippen LogP contribution < -0.4 is 5.69 Å². The number of aromatic nitrogens is 2. The number of carbonyl (C=O) groups is 1. The number of ketones is 1. The Morgan fingerprint density at radius 2 is 1.36 bits per heavy atom. The van der Waals surface area contributed by atoms with Gasteiger partial charge in [0.1, 0.15) is 5.78 Å². The van der Waals surface area contributed by atoms with Crippen molar-refractivity contribution in [2.45, 2.75) is 129 Å². The second-order valence-electron chi connectivity index (χ2n) is 11.0. The highest BCUT2D eigenvalue weighted by molar-refractivity contribution is 5.78. The molecule has 5 heteroatoms. The van der Waals surface area contributed by atoms with Crippen LogP contribution in [0, 0.1) is 0 Å². The van der Waals surface area contributed by atoms with Crippen molar-refractivity contribution in [2.24, 2.45) is 0 Å². The fourth-order valence-corrected chi connectivity index (χ4v) is 5.80. The van der Waals surface area contributed by atoms with E-state index in [1.54, 1.807) is 0 Å². The first-order valence-electron chi connectivity index (χ1n) is 15.1. The maximum Gasteiger partial charge on any atom is 0.326 e. The number of para-hydroxylation sites is 2. The Labute approximate surface area is 219 Å². The van der Waals surface area contributed by atoms with Gasteiger partial charge in [-0.3, -0.25) is 9.36 Å². The number of nitrogens with one attached hydrogen (secondary N) is 1. The summed E-state index contributed by atoms with van der Waals surface area (Å²) in [4.78, 5) is 30.2. The van der Waals surface area contributed by atoms with E-state index in [4.69, 9.17) is 0 Å². The SMILES string of the molecule is CCCCCCCCCCCCCCCC(=O)CCCN1CCC(n2c(=O)[nH]c3ccccc32)CC1. The molecule has 1 aromatic carbocycles. The van der Waals surface area contributed by atoms with Crippen LogP contribution in [0.3, 0.4) is 0 Å². The van der Waals surface area contributed by atoms with Crippen LogP contribution in [0.25, 0.3) is 11.0 Å². The number of fused-ring (bicyclic) bond motifs is 1. The van der Waals surface area contributed by atoms with E-state index in [2.05, 4.69) is 16.8 Å². The van der Waals surface area contributed by atoms with Gasteiger partial charge >= 0.3 is 5.69 Å². The van der Waals surface area contributed by atoms with Gasteiger partial charge in [-0.2, -0.15) is 0 Å². The Morgan fingerprint density at radius 3 is 2.00 bits per heavy atom. The van der Waals surface area contributed by atoms with Gasteiger partial charge in [-0.05, 0) is 44.4 Å². The molecule has 1 aliphatic rings. The number of hydrogen-bond acceptors (Lipinski definition) is 3. The third kappa shape index (κ3) is 9.88. The fourth-order valence-electron chi connectivity index (χ4n) is 5.80. The molecule has 1 N–H and O–H groups in total. The number of imidazole rings is 1. The summed E-state index contributed by atoms with van der Waals surface area (Å²) in [6.45, 7) is 5.29. The number of likely N-dealkylation sites (tertiary alicyclic amines) is 1. The van der Waals surface area contributed by atoms with Crippen LogP contribution in [0.5, 0.6) is 0 Å². The maximum absolute atomic E-state index is 12.5. The zero-order valence-electron chi connectivity index (χ0n) is 22.9. The van der Waals surface area contributed by atoms with E-state index in [1.807, 2.05) is 28.8 Å². The number of rotatable bonds is 19. The lowest BCUT2D eigenvalue weighted by Gasteiger charge is -2.32. The Kier molecular flexibility index (Phi) is 13.4. The number of carbonyl (C=O) groups excluding carboxylic acids is 1. The largest absolute Gasteiger partial charge is 0.326 e. The monoisotopic (exact) mass is 497 g/mol. The summed E-state index contributed by atoms with van der Waals surface area (Å²) in [6.07, 6.45) is 21.9. The van der Waals surface area contributed by atoms with Crippen molar-refractivity contribution in [3.8, 4) is 0 Å². The van der Waals surface area contributed by atoms with Gasteiger partial charge in [0.05, 0.1) is 11.0 Å². The zero-order valence-corrected chi connectivity index (χ0v) is 22.9. The lowest BCUT2D eigenvalue weighted by atomic mass is 10.0. The minimum Gasteiger partial charge on any atom is -0.306 e. The van der Waals surface area contributed by atoms with Crippen LogP contribution in [-0.2, 0) is 4.79 Å². The number of benzene rings is 1. The summed E-state index contributed by atoms with van der Waals surface area (Å²) < 4.78 is 1.95. The zero-order chi connectivity index (χ0) is 25.4. The molecule has 0 radical (unpaired) electrons. The van der Waals surface area contributed by atoms with E-state index in [0.717, 1.165) is 69.2 Å². The topological polar surface area (TPSA) is 58.1 Å². The summed E-state index contributed by atoms with van der Waals surface area (Å²) in [5, 5.41) is 0. The van der Waals surface area contributed by atoms with E-state index in [9.17, 15) is 9.59 Å². The Hall–Kier alpha value is -1.88. The van der Waals surface area contributed by atoms with E-state index >= 15 is 0 Å². The van der Waals surface area contributed by atoms with Crippen LogP contribution >= 0.6 is 0 Å². The van der Waals surface area contributed by atoms with Gasteiger partial charge in [0.25, 0.3) is 0 Å². The fraction of sp³-hybridized carbons (Fsp3) is 0.742. The first-order valence-corrected chi connectivity index (χ1v) is 15.1. The summed E-state index contributed by atoms with van der Waals surface area (Å²) >= 11 is 0. The van der Waals surface area contributed by atoms with Gasteiger partial charge in [0.2, 0.25) is 0 Å². The van der Waals surface area contributed by atoms with Gasteiger partial charge in [-0.15, -0.1) is 0 Å². The molecule has 5 nitrogen and oxygen atoms in total. The Bertz CT molecular complexity index is 923. The van der Waals surface area contributed by atoms with Crippen molar-refractivity contribution in [1.82, 2.24) is 14.5 Å². The first-order chi connectivity index (χ1) is 17.7. The predicted molar refractivity (Wildman–Crippen MR) is 152 cm³/mol. The molecule has 1 aromatic heterocycles. The molecule has 0 aliphatic carbocycles. The molecule has 0 amide bonds. The highest BCUT2D eigenvalue weighted by Crippen LogP contribution is 2.25. The molecule has 2 aromatic rings. The van der Waals surface area contributed by atoms with Crippen molar-refractivity contribution in [1.29, 1.82) is 0 Å². The number of aromatic amines is 1. The van der Waals surface area contributed by atoms with Crippen LogP contribution in [-0.4, -0.2) is 39.9 Å². The highest BCUT2D eigenvalue weighted by atomic mass is 16.1. The van der Waals surface area contributed by atoms with E-state index < -0.39 is 0 Å². The Morgan fingerprint density at radius 1 is 0.806 bits per heavy atom. The molecular weight excluding hydrogens is 446 g/mol. The molecule has 1 saturated heterocycles. The van der Waals surface area contributed by atoms with Crippen molar-refractivity contribution < 1.29 is 4.79 Å². The standard InChI is InChI=1S/C31H51N3O2/c1-2-3-4-5-6-7-8-9-10-11-12-13-14-18-28(35)19-17-24-33-25-22-27(23-26-33)34-30-21-16-15-20-29(30)32-31(34)36/h15-16,20-21,27H,2-14,17-19,22-26H2,1H3,(H,32,36). The molecule has 0 bridgehead atoms. The van der Waals surface area contributed by atoms with Gasteiger partial charge in [0, 0.05) is 32.0 Å². The summed E-state index contributed by atoms with van der Waals surface area (Å²) in [6, 6.07) is 8.23. The van der Waals surface area contributed by atoms with Gasteiger partial charge in [-0.25, -0.2) is 4.79 Å². The van der Waals surface area contributed by atoms with Crippen molar-refractivity contribution in [3.63, 3.8) is 0 Å². The quantitative estimate of drug-likeness (QED) is 0.201. The summed E-state index contributed by atoms with van der Waals surface area (Å²) in [7, 11) is 0. The third-order valence-corrected chi connectivity index (χ3v) is 8.04. The molecular formula is C31H51N3O2. The molecule has 0 atom stereocenters. The molecule has 2 heterocycles. The van der Waals surface area contributed by atoms with Crippen molar-refractivity contribution in [3.05, 3.63) is 34.7 Å². The van der Waals surface area contributed by atoms with Crippen molar-refractivity contribution in [2.75, 3.05) is 19.6 Å². The number of H-pyrrole nitrogens is 1. The lowest BCUT2D eigenvalue weighted by molar-refractivity contribution is -0.119. The lowest BCUT2D eigenvalue weighted by Crippen LogP contribution is -2.37. The van der Waals surface area contributed by atoms with Crippen LogP contribution in [0.2, 0.25) is 0 Å². The Balaban J connectivity index is 1.15. The number of hydrogen-bond donors (Lipinski definition) is 1. The number of Topliss-reactive ketones (excluding diaryl/α,β-unsaturated/α-hetero) is 1. The molecule has 0 saturated carbocycles. The van der Waals surface area contributed by atoms with Crippen LogP contribution in [0.4, 0.5) is 0 Å². The number of nitrogens with zero attached hydrogens (tertiary/aromatic N) is 2. The predicted octanol–water partition coefficient (Wildman–Crippen LogP) is 7.80. The average Bonchev–Trinajstić information content (AvgIpc) is 3.23. The van der Waals surface area contributed by atoms with Gasteiger partial charge in [-0.1, -0.05) is 96.1 Å². The highest BCUT2D eigenvalue weighted by Gasteiger charge is 2.23. The maximum atomic E-state index is 12.5.